The maximum Gasteiger partial charge on any atom is 0.108 e. The molecule has 44 valence electrons. The van der Waals surface area contributed by atoms with Crippen LogP contribution in [0.5, 0.6) is 0 Å². The quantitative estimate of drug-likeness (QED) is 0.527. The molecule has 1 N–H and O–H groups in total. The maximum atomic E-state index is 9.23. The lowest BCUT2D eigenvalue weighted by atomic mass is 10.1. The summed E-state index contributed by atoms with van der Waals surface area (Å²) in [6, 6.07) is 0. The lowest BCUT2D eigenvalue weighted by Crippen LogP contribution is -2.40. The lowest BCUT2D eigenvalue weighted by Gasteiger charge is -2.31. The van der Waals surface area contributed by atoms with E-state index >= 15 is 0 Å². The van der Waals surface area contributed by atoms with Gasteiger partial charge in [-0.05, 0) is 6.08 Å². The highest BCUT2D eigenvalue weighted by atomic mass is 32.2. The Morgan fingerprint density at radius 3 is 2.50 bits per heavy atom. The number of hydrogen-bond acceptors (Lipinski definition) is 2. The number of thioether (sulfide) groups is 1. The largest absolute Gasteiger partial charge is 0.383 e. The Hall–Kier alpha value is -0.170. The van der Waals surface area contributed by atoms with Gasteiger partial charge in [-0.15, -0.1) is 5.73 Å². The first kappa shape index (κ1) is 5.96. The van der Waals surface area contributed by atoms with E-state index in [1.165, 1.54) is 0 Å². The highest BCUT2D eigenvalue weighted by molar-refractivity contribution is 8.00. The molecule has 0 aromatic heterocycles. The molecule has 1 nitrogen and oxygen atoms in total. The molecular weight excluding hydrogens is 120 g/mol. The molecule has 1 heterocycles. The van der Waals surface area contributed by atoms with Gasteiger partial charge in [0.25, 0.3) is 0 Å². The standard InChI is InChI=1S/C6H8OS/c1-2-3-6(7)4-8-5-6/h3,7H,1,4-5H2. The average molecular weight is 128 g/mol. The average Bonchev–Trinajstić information content (AvgIpc) is 1.64. The van der Waals surface area contributed by atoms with Gasteiger partial charge in [-0.2, -0.15) is 11.8 Å². The third-order valence-electron chi connectivity index (χ3n) is 1.07. The summed E-state index contributed by atoms with van der Waals surface area (Å²) < 4.78 is 0. The normalized spacial score (nSPS) is 23.1. The van der Waals surface area contributed by atoms with E-state index in [-0.39, 0.29) is 0 Å². The zero-order valence-corrected chi connectivity index (χ0v) is 5.37. The third-order valence-corrected chi connectivity index (χ3v) is 2.48. The molecule has 0 saturated carbocycles. The van der Waals surface area contributed by atoms with Crippen LogP contribution in [0.15, 0.2) is 18.4 Å². The van der Waals surface area contributed by atoms with E-state index in [4.69, 9.17) is 0 Å². The van der Waals surface area contributed by atoms with Crippen molar-refractivity contribution >= 4 is 11.8 Å². The lowest BCUT2D eigenvalue weighted by molar-refractivity contribution is 0.131. The van der Waals surface area contributed by atoms with E-state index < -0.39 is 5.60 Å². The van der Waals surface area contributed by atoms with E-state index in [9.17, 15) is 5.11 Å². The smallest absolute Gasteiger partial charge is 0.108 e. The third kappa shape index (κ3) is 0.972. The molecule has 1 rings (SSSR count). The van der Waals surface area contributed by atoms with Crippen molar-refractivity contribution in [1.29, 1.82) is 0 Å². The van der Waals surface area contributed by atoms with Crippen LogP contribution in [0.4, 0.5) is 0 Å². The summed E-state index contributed by atoms with van der Waals surface area (Å²) in [4.78, 5) is 0. The molecule has 0 amide bonds. The summed E-state index contributed by atoms with van der Waals surface area (Å²) >= 11 is 1.73. The number of hydrogen-bond donors (Lipinski definition) is 1. The molecule has 1 aliphatic rings. The van der Waals surface area contributed by atoms with Crippen molar-refractivity contribution in [2.75, 3.05) is 11.5 Å². The van der Waals surface area contributed by atoms with Gasteiger partial charge in [0.2, 0.25) is 0 Å². The molecular formula is C6H8OS. The zero-order chi connectivity index (χ0) is 6.04. The summed E-state index contributed by atoms with van der Waals surface area (Å²) in [5, 5.41) is 9.23. The summed E-state index contributed by atoms with van der Waals surface area (Å²) in [5.74, 6) is 1.60. The van der Waals surface area contributed by atoms with E-state index in [1.54, 1.807) is 17.8 Å². The monoisotopic (exact) mass is 128 g/mol. The maximum absolute atomic E-state index is 9.23. The minimum Gasteiger partial charge on any atom is -0.383 e. The SMILES string of the molecule is C=C=CC1(O)CSC1. The molecule has 2 heteroatoms. The van der Waals surface area contributed by atoms with Crippen LogP contribution in [0.25, 0.3) is 0 Å². The molecule has 0 spiro atoms. The van der Waals surface area contributed by atoms with Gasteiger partial charge in [-0.3, -0.25) is 0 Å². The first-order chi connectivity index (χ1) is 3.77. The number of rotatable bonds is 1. The van der Waals surface area contributed by atoms with Crippen molar-refractivity contribution in [2.24, 2.45) is 0 Å². The molecule has 1 fully saturated rings. The molecule has 0 unspecified atom stereocenters. The highest BCUT2D eigenvalue weighted by Crippen LogP contribution is 2.29. The van der Waals surface area contributed by atoms with E-state index in [0.29, 0.717) is 0 Å². The Morgan fingerprint density at radius 2 is 2.38 bits per heavy atom. The van der Waals surface area contributed by atoms with Gasteiger partial charge < -0.3 is 5.11 Å². The van der Waals surface area contributed by atoms with E-state index in [0.717, 1.165) is 11.5 Å². The fourth-order valence-electron chi connectivity index (χ4n) is 0.585. The van der Waals surface area contributed by atoms with Gasteiger partial charge in [0, 0.05) is 11.5 Å². The second kappa shape index (κ2) is 1.98. The van der Waals surface area contributed by atoms with Crippen LogP contribution >= 0.6 is 11.8 Å². The van der Waals surface area contributed by atoms with Gasteiger partial charge in [0.15, 0.2) is 0 Å². The first-order valence-corrected chi connectivity index (χ1v) is 3.59. The topological polar surface area (TPSA) is 20.2 Å². The van der Waals surface area contributed by atoms with Gasteiger partial charge in [0.1, 0.15) is 5.60 Å². The minimum atomic E-state index is -0.563. The molecule has 1 saturated heterocycles. The Bertz CT molecular complexity index is 131. The van der Waals surface area contributed by atoms with Crippen LogP contribution in [-0.2, 0) is 0 Å². The predicted octanol–water partition coefficient (Wildman–Crippen LogP) is 0.805. The van der Waals surface area contributed by atoms with Crippen LogP contribution in [0, 0.1) is 0 Å². The van der Waals surface area contributed by atoms with Gasteiger partial charge >= 0.3 is 0 Å². The van der Waals surface area contributed by atoms with Crippen molar-refractivity contribution in [1.82, 2.24) is 0 Å². The van der Waals surface area contributed by atoms with Crippen molar-refractivity contribution in [3.63, 3.8) is 0 Å². The van der Waals surface area contributed by atoms with Crippen LogP contribution < -0.4 is 0 Å². The molecule has 0 radical (unpaired) electrons. The Balaban J connectivity index is 2.53. The molecule has 1 aliphatic heterocycles. The molecule has 0 bridgehead atoms. The van der Waals surface area contributed by atoms with Crippen molar-refractivity contribution in [3.05, 3.63) is 18.4 Å². The second-order valence-corrected chi connectivity index (χ2v) is 2.93. The van der Waals surface area contributed by atoms with Crippen LogP contribution in [-0.4, -0.2) is 22.2 Å². The summed E-state index contributed by atoms with van der Waals surface area (Å²) in [5.41, 5.74) is 2.01. The second-order valence-electron chi connectivity index (χ2n) is 1.94. The Labute approximate surface area is 53.1 Å². The minimum absolute atomic E-state index is 0.563. The Morgan fingerprint density at radius 1 is 1.75 bits per heavy atom. The molecule has 0 aliphatic carbocycles. The predicted molar refractivity (Wildman–Crippen MR) is 36.0 cm³/mol. The molecule has 8 heavy (non-hydrogen) atoms. The Kier molecular flexibility index (Phi) is 1.47. The van der Waals surface area contributed by atoms with Crippen LogP contribution in [0.1, 0.15) is 0 Å². The fourth-order valence-corrected chi connectivity index (χ4v) is 1.37. The van der Waals surface area contributed by atoms with Gasteiger partial charge in [-0.25, -0.2) is 0 Å². The summed E-state index contributed by atoms with van der Waals surface area (Å²) in [6.07, 6.45) is 1.63. The number of aliphatic hydroxyl groups is 1. The van der Waals surface area contributed by atoms with Gasteiger partial charge in [-0.1, -0.05) is 6.58 Å². The summed E-state index contributed by atoms with van der Waals surface area (Å²) in [7, 11) is 0. The van der Waals surface area contributed by atoms with Crippen molar-refractivity contribution in [2.45, 2.75) is 5.60 Å². The van der Waals surface area contributed by atoms with E-state index in [1.807, 2.05) is 0 Å². The fraction of sp³-hybridized carbons (Fsp3) is 0.500. The zero-order valence-electron chi connectivity index (χ0n) is 4.55. The summed E-state index contributed by atoms with van der Waals surface area (Å²) in [6.45, 7) is 3.38. The first-order valence-electron chi connectivity index (χ1n) is 2.44. The van der Waals surface area contributed by atoms with Gasteiger partial charge in [0.05, 0.1) is 0 Å². The molecule has 0 atom stereocenters. The van der Waals surface area contributed by atoms with Crippen molar-refractivity contribution < 1.29 is 5.11 Å². The molecule has 0 aromatic carbocycles. The van der Waals surface area contributed by atoms with Crippen LogP contribution in [0.3, 0.4) is 0 Å². The van der Waals surface area contributed by atoms with Crippen molar-refractivity contribution in [3.8, 4) is 0 Å². The van der Waals surface area contributed by atoms with Crippen LogP contribution in [0.2, 0.25) is 0 Å². The van der Waals surface area contributed by atoms with E-state index in [2.05, 4.69) is 12.3 Å². The molecule has 0 aromatic rings. The highest BCUT2D eigenvalue weighted by Gasteiger charge is 2.31.